The summed E-state index contributed by atoms with van der Waals surface area (Å²) in [7, 11) is -4.14. The van der Waals surface area contributed by atoms with Gasteiger partial charge in [0.15, 0.2) is 0 Å². The number of anilines is 1. The third-order valence-corrected chi connectivity index (χ3v) is 10.6. The molecule has 1 fully saturated rings. The zero-order valence-electron chi connectivity index (χ0n) is 26.0. The number of carbonyl (C=O) groups is 2. The van der Waals surface area contributed by atoms with Crippen LogP contribution in [0.1, 0.15) is 48.8 Å². The lowest BCUT2D eigenvalue weighted by molar-refractivity contribution is -0.140. The Balaban J connectivity index is 1.56. The number of aryl methyl sites for hydroxylation is 1. The van der Waals surface area contributed by atoms with Crippen molar-refractivity contribution >= 4 is 39.1 Å². The number of carbonyl (C=O) groups excluding carboxylic acids is 2. The second-order valence-corrected chi connectivity index (χ2v) is 14.1. The van der Waals surface area contributed by atoms with E-state index in [-0.39, 0.29) is 29.8 Å². The van der Waals surface area contributed by atoms with Crippen LogP contribution < -0.4 is 9.62 Å². The molecule has 4 aromatic rings. The molecule has 4 aromatic carbocycles. The van der Waals surface area contributed by atoms with Crippen molar-refractivity contribution in [3.05, 3.63) is 131 Å². The van der Waals surface area contributed by atoms with Gasteiger partial charge in [0.05, 0.1) is 10.6 Å². The van der Waals surface area contributed by atoms with Crippen molar-refractivity contribution in [2.75, 3.05) is 10.8 Å². The first-order valence-corrected chi connectivity index (χ1v) is 17.6. The largest absolute Gasteiger partial charge is 0.352 e. The van der Waals surface area contributed by atoms with Gasteiger partial charge in [-0.3, -0.25) is 13.9 Å². The van der Waals surface area contributed by atoms with Gasteiger partial charge in [-0.15, -0.1) is 0 Å². The molecule has 5 rings (SSSR count). The van der Waals surface area contributed by atoms with Crippen LogP contribution in [0.2, 0.25) is 5.02 Å². The average Bonchev–Trinajstić information content (AvgIpc) is 3.07. The summed E-state index contributed by atoms with van der Waals surface area (Å²) in [6, 6.07) is 30.9. The number of rotatable bonds is 12. The summed E-state index contributed by atoms with van der Waals surface area (Å²) < 4.78 is 29.3. The van der Waals surface area contributed by atoms with E-state index in [2.05, 4.69) is 5.32 Å². The van der Waals surface area contributed by atoms with Crippen molar-refractivity contribution in [1.29, 1.82) is 0 Å². The predicted molar refractivity (Wildman–Crippen MR) is 183 cm³/mol. The first-order chi connectivity index (χ1) is 22.2. The Morgan fingerprint density at radius 2 is 1.43 bits per heavy atom. The Bertz CT molecular complexity index is 1710. The van der Waals surface area contributed by atoms with Crippen molar-refractivity contribution in [1.82, 2.24) is 10.2 Å². The summed E-state index contributed by atoms with van der Waals surface area (Å²) in [5.74, 6) is -0.774. The minimum atomic E-state index is -4.14. The van der Waals surface area contributed by atoms with Crippen molar-refractivity contribution in [2.24, 2.45) is 0 Å². The molecule has 0 spiro atoms. The molecule has 240 valence electrons. The summed E-state index contributed by atoms with van der Waals surface area (Å²) >= 11 is 6.60. The molecule has 1 unspecified atom stereocenters. The number of hydrogen-bond acceptors (Lipinski definition) is 4. The van der Waals surface area contributed by atoms with Crippen LogP contribution in [0, 0.1) is 6.92 Å². The fourth-order valence-electron chi connectivity index (χ4n) is 5.87. The Morgan fingerprint density at radius 3 is 2.09 bits per heavy atom. The van der Waals surface area contributed by atoms with E-state index in [4.69, 9.17) is 11.6 Å². The van der Waals surface area contributed by atoms with E-state index in [1.807, 2.05) is 61.5 Å². The second kappa shape index (κ2) is 15.4. The van der Waals surface area contributed by atoms with Crippen molar-refractivity contribution in [3.8, 4) is 0 Å². The van der Waals surface area contributed by atoms with E-state index in [1.54, 1.807) is 42.5 Å². The molecule has 1 aliphatic rings. The summed E-state index contributed by atoms with van der Waals surface area (Å²) in [4.78, 5) is 30.4. The molecule has 0 aromatic heterocycles. The molecule has 1 aliphatic carbocycles. The molecule has 7 nitrogen and oxygen atoms in total. The van der Waals surface area contributed by atoms with Gasteiger partial charge in [0.2, 0.25) is 11.8 Å². The average molecular weight is 658 g/mol. The van der Waals surface area contributed by atoms with Crippen LogP contribution in [-0.2, 0) is 32.6 Å². The van der Waals surface area contributed by atoms with Crippen molar-refractivity contribution < 1.29 is 18.0 Å². The topological polar surface area (TPSA) is 86.8 Å². The van der Waals surface area contributed by atoms with Crippen molar-refractivity contribution in [3.63, 3.8) is 0 Å². The van der Waals surface area contributed by atoms with Crippen LogP contribution in [0.4, 0.5) is 5.69 Å². The first-order valence-electron chi connectivity index (χ1n) is 15.7. The fourth-order valence-corrected chi connectivity index (χ4v) is 7.50. The number of amides is 2. The van der Waals surface area contributed by atoms with Crippen LogP contribution in [-0.4, -0.2) is 43.8 Å². The molecule has 46 heavy (non-hydrogen) atoms. The fraction of sp³-hybridized carbons (Fsp3) is 0.297. The zero-order valence-corrected chi connectivity index (χ0v) is 27.6. The van der Waals surface area contributed by atoms with E-state index in [9.17, 15) is 18.0 Å². The van der Waals surface area contributed by atoms with Crippen LogP contribution in [0.3, 0.4) is 0 Å². The lowest BCUT2D eigenvalue weighted by Crippen LogP contribution is -2.55. The van der Waals surface area contributed by atoms with Gasteiger partial charge in [-0.1, -0.05) is 115 Å². The van der Waals surface area contributed by atoms with Gasteiger partial charge in [-0.05, 0) is 61.2 Å². The lowest BCUT2D eigenvalue weighted by Gasteiger charge is -2.35. The molecular weight excluding hydrogens is 618 g/mol. The third kappa shape index (κ3) is 8.36. The Labute approximate surface area is 277 Å². The van der Waals surface area contributed by atoms with Gasteiger partial charge in [0, 0.05) is 24.0 Å². The van der Waals surface area contributed by atoms with Gasteiger partial charge in [0.25, 0.3) is 10.0 Å². The molecule has 0 saturated heterocycles. The summed E-state index contributed by atoms with van der Waals surface area (Å²) in [5.41, 5.74) is 2.85. The van der Waals surface area contributed by atoms with Gasteiger partial charge >= 0.3 is 0 Å². The van der Waals surface area contributed by atoms with Crippen LogP contribution >= 0.6 is 11.6 Å². The van der Waals surface area contributed by atoms with Crippen LogP contribution in [0.25, 0.3) is 0 Å². The van der Waals surface area contributed by atoms with Gasteiger partial charge in [-0.25, -0.2) is 8.42 Å². The molecule has 0 aliphatic heterocycles. The minimum Gasteiger partial charge on any atom is -0.352 e. The molecule has 1 N–H and O–H groups in total. The number of halogens is 1. The van der Waals surface area contributed by atoms with Gasteiger partial charge in [-0.2, -0.15) is 0 Å². The maximum atomic E-state index is 14.6. The normalized spacial score (nSPS) is 14.3. The zero-order chi connectivity index (χ0) is 32.5. The smallest absolute Gasteiger partial charge is 0.264 e. The Morgan fingerprint density at radius 1 is 0.826 bits per heavy atom. The Kier molecular flexibility index (Phi) is 11.1. The van der Waals surface area contributed by atoms with E-state index in [0.717, 1.165) is 47.5 Å². The number of hydrogen-bond donors (Lipinski definition) is 1. The molecular formula is C37H40ClN3O4S. The van der Waals surface area contributed by atoms with E-state index in [1.165, 1.54) is 17.0 Å². The van der Waals surface area contributed by atoms with E-state index >= 15 is 0 Å². The molecule has 1 atom stereocenters. The number of benzene rings is 4. The van der Waals surface area contributed by atoms with Crippen LogP contribution in [0.15, 0.2) is 114 Å². The van der Waals surface area contributed by atoms with E-state index < -0.39 is 28.5 Å². The summed E-state index contributed by atoms with van der Waals surface area (Å²) in [6.45, 7) is 1.43. The van der Waals surface area contributed by atoms with Crippen LogP contribution in [0.5, 0.6) is 0 Å². The molecule has 1 saturated carbocycles. The lowest BCUT2D eigenvalue weighted by atomic mass is 9.94. The highest BCUT2D eigenvalue weighted by Gasteiger charge is 2.35. The highest BCUT2D eigenvalue weighted by Crippen LogP contribution is 2.27. The molecule has 0 radical (unpaired) electrons. The highest BCUT2D eigenvalue weighted by atomic mass is 35.5. The number of nitrogens with zero attached hydrogens (tertiary/aromatic N) is 2. The maximum Gasteiger partial charge on any atom is 0.264 e. The molecule has 9 heteroatoms. The molecule has 2 amide bonds. The Hall–Kier alpha value is -4.14. The standard InChI is InChI=1S/C37H40ClN3O4S/c1-28-21-23-32(24-22-28)41(46(44,45)33-18-9-4-10-19-33)27-36(42)40(26-30-15-11-12-20-34(30)38)35(25-29-13-5-2-6-14-29)37(43)39-31-16-7-3-8-17-31/h2,4-6,9-15,18-24,31,35H,3,7-8,16-17,25-27H2,1H3,(H,39,43). The minimum absolute atomic E-state index is 0.0271. The molecule has 0 bridgehead atoms. The predicted octanol–water partition coefficient (Wildman–Crippen LogP) is 6.93. The SMILES string of the molecule is Cc1ccc(N(CC(=O)N(Cc2ccccc2Cl)C(Cc2ccccc2)C(=O)NC2CCCCC2)S(=O)(=O)c2ccccc2)cc1. The number of nitrogens with one attached hydrogen (secondary N) is 1. The number of sulfonamides is 1. The van der Waals surface area contributed by atoms with Crippen molar-refractivity contribution in [2.45, 2.75) is 69.0 Å². The summed E-state index contributed by atoms with van der Waals surface area (Å²) in [6.07, 6.45) is 5.25. The summed E-state index contributed by atoms with van der Waals surface area (Å²) in [5, 5.41) is 3.68. The third-order valence-electron chi connectivity index (χ3n) is 8.45. The monoisotopic (exact) mass is 657 g/mol. The van der Waals surface area contributed by atoms with E-state index in [0.29, 0.717) is 16.3 Å². The second-order valence-electron chi connectivity index (χ2n) is 11.8. The first kappa shape index (κ1) is 33.2. The van der Waals surface area contributed by atoms with Gasteiger partial charge in [0.1, 0.15) is 12.6 Å². The quantitative estimate of drug-likeness (QED) is 0.179. The highest BCUT2D eigenvalue weighted by molar-refractivity contribution is 7.92. The maximum absolute atomic E-state index is 14.6. The van der Waals surface area contributed by atoms with Gasteiger partial charge < -0.3 is 10.2 Å². The molecule has 0 heterocycles.